The average Bonchev–Trinajstić information content (AvgIpc) is 2.41. The minimum absolute atomic E-state index is 0.125. The van der Waals surface area contributed by atoms with Crippen molar-refractivity contribution in [2.24, 2.45) is 0 Å². The lowest BCUT2D eigenvalue weighted by atomic mass is 10.2. The van der Waals surface area contributed by atoms with E-state index in [1.165, 1.54) is 0 Å². The van der Waals surface area contributed by atoms with Gasteiger partial charge in [-0.2, -0.15) is 0 Å². The SMILES string of the molecule is Cc1cccnc1N1CCS(=O)(=O)c2ccccc21. The van der Waals surface area contributed by atoms with Gasteiger partial charge >= 0.3 is 0 Å². The number of fused-ring (bicyclic) bond motifs is 1. The van der Waals surface area contributed by atoms with E-state index in [2.05, 4.69) is 4.98 Å². The van der Waals surface area contributed by atoms with Crippen LogP contribution in [0.1, 0.15) is 5.56 Å². The average molecular weight is 274 g/mol. The molecule has 1 aromatic heterocycles. The Morgan fingerprint density at radius 2 is 1.95 bits per heavy atom. The zero-order valence-electron chi connectivity index (χ0n) is 10.6. The summed E-state index contributed by atoms with van der Waals surface area (Å²) < 4.78 is 24.2. The van der Waals surface area contributed by atoms with Crippen LogP contribution >= 0.6 is 0 Å². The molecule has 0 bridgehead atoms. The Bertz CT molecular complexity index is 726. The molecule has 0 atom stereocenters. The topological polar surface area (TPSA) is 50.3 Å². The number of hydrogen-bond donors (Lipinski definition) is 0. The summed E-state index contributed by atoms with van der Waals surface area (Å²) >= 11 is 0. The largest absolute Gasteiger partial charge is 0.324 e. The van der Waals surface area contributed by atoms with E-state index in [1.807, 2.05) is 36.1 Å². The highest BCUT2D eigenvalue weighted by molar-refractivity contribution is 7.91. The van der Waals surface area contributed by atoms with Crippen LogP contribution in [-0.2, 0) is 9.84 Å². The van der Waals surface area contributed by atoms with E-state index in [-0.39, 0.29) is 5.75 Å². The Kier molecular flexibility index (Phi) is 2.78. The molecule has 0 radical (unpaired) electrons. The maximum Gasteiger partial charge on any atom is 0.182 e. The molecule has 0 saturated heterocycles. The van der Waals surface area contributed by atoms with Gasteiger partial charge in [0.25, 0.3) is 0 Å². The number of sulfone groups is 1. The standard InChI is InChI=1S/C14H14N2O2S/c1-11-5-4-8-15-14(11)16-9-10-19(17,18)13-7-3-2-6-12(13)16/h2-8H,9-10H2,1H3. The molecule has 2 aromatic rings. The van der Waals surface area contributed by atoms with E-state index in [4.69, 9.17) is 0 Å². The molecule has 3 rings (SSSR count). The van der Waals surface area contributed by atoms with E-state index in [0.717, 1.165) is 17.1 Å². The number of nitrogens with zero attached hydrogens (tertiary/aromatic N) is 2. The Morgan fingerprint density at radius 1 is 1.16 bits per heavy atom. The highest BCUT2D eigenvalue weighted by Crippen LogP contribution is 2.35. The smallest absolute Gasteiger partial charge is 0.182 e. The molecule has 19 heavy (non-hydrogen) atoms. The van der Waals surface area contributed by atoms with Crippen molar-refractivity contribution in [1.29, 1.82) is 0 Å². The molecule has 0 N–H and O–H groups in total. The summed E-state index contributed by atoms with van der Waals surface area (Å²) in [6, 6.07) is 11.0. The fraction of sp³-hybridized carbons (Fsp3) is 0.214. The third-order valence-electron chi connectivity index (χ3n) is 3.31. The van der Waals surface area contributed by atoms with Crippen LogP contribution in [0, 0.1) is 6.92 Å². The molecule has 2 heterocycles. The molecule has 4 nitrogen and oxygen atoms in total. The van der Waals surface area contributed by atoms with E-state index >= 15 is 0 Å². The molecule has 98 valence electrons. The molecule has 0 amide bonds. The van der Waals surface area contributed by atoms with Gasteiger partial charge in [0, 0.05) is 12.7 Å². The Hall–Kier alpha value is -1.88. The van der Waals surface area contributed by atoms with Crippen molar-refractivity contribution in [1.82, 2.24) is 4.98 Å². The van der Waals surface area contributed by atoms with Gasteiger partial charge in [-0.1, -0.05) is 18.2 Å². The van der Waals surface area contributed by atoms with Gasteiger partial charge in [-0.15, -0.1) is 0 Å². The molecule has 5 heteroatoms. The summed E-state index contributed by atoms with van der Waals surface area (Å²) in [5, 5.41) is 0. The molecule has 1 aromatic carbocycles. The van der Waals surface area contributed by atoms with Gasteiger partial charge in [0.15, 0.2) is 9.84 Å². The van der Waals surface area contributed by atoms with Crippen molar-refractivity contribution < 1.29 is 8.42 Å². The Labute approximate surface area is 112 Å². The van der Waals surface area contributed by atoms with Crippen molar-refractivity contribution in [3.05, 3.63) is 48.2 Å². The van der Waals surface area contributed by atoms with Crippen LogP contribution in [0.3, 0.4) is 0 Å². The van der Waals surface area contributed by atoms with Gasteiger partial charge in [-0.05, 0) is 30.7 Å². The van der Waals surface area contributed by atoms with Gasteiger partial charge < -0.3 is 4.90 Å². The van der Waals surface area contributed by atoms with Crippen molar-refractivity contribution in [3.63, 3.8) is 0 Å². The predicted molar refractivity (Wildman–Crippen MR) is 74.5 cm³/mol. The molecule has 1 aliphatic heterocycles. The maximum atomic E-state index is 12.1. The first-order valence-corrected chi connectivity index (χ1v) is 7.76. The lowest BCUT2D eigenvalue weighted by molar-refractivity contribution is 0.592. The van der Waals surface area contributed by atoms with Crippen molar-refractivity contribution in [2.75, 3.05) is 17.2 Å². The molecule has 0 spiro atoms. The van der Waals surface area contributed by atoms with Crippen LogP contribution in [0.5, 0.6) is 0 Å². The third-order valence-corrected chi connectivity index (χ3v) is 5.05. The fourth-order valence-corrected chi connectivity index (χ4v) is 3.79. The summed E-state index contributed by atoms with van der Waals surface area (Å²) in [4.78, 5) is 6.75. The third kappa shape index (κ3) is 2.00. The molecular weight excluding hydrogens is 260 g/mol. The summed E-state index contributed by atoms with van der Waals surface area (Å²) in [6.45, 7) is 2.42. The molecular formula is C14H14N2O2S. The van der Waals surface area contributed by atoms with E-state index in [0.29, 0.717) is 11.4 Å². The number of para-hydroxylation sites is 1. The van der Waals surface area contributed by atoms with Gasteiger partial charge in [-0.3, -0.25) is 0 Å². The predicted octanol–water partition coefficient (Wildman–Crippen LogP) is 2.32. The zero-order valence-corrected chi connectivity index (χ0v) is 11.4. The van der Waals surface area contributed by atoms with Crippen molar-refractivity contribution >= 4 is 21.3 Å². The second-order valence-corrected chi connectivity index (χ2v) is 6.66. The number of aryl methyl sites for hydroxylation is 1. The molecule has 0 aliphatic carbocycles. The molecule has 1 aliphatic rings. The second kappa shape index (κ2) is 4.35. The number of benzene rings is 1. The first-order chi connectivity index (χ1) is 9.09. The Balaban J connectivity index is 2.19. The minimum atomic E-state index is -3.17. The summed E-state index contributed by atoms with van der Waals surface area (Å²) in [7, 11) is -3.17. The summed E-state index contributed by atoms with van der Waals surface area (Å²) in [5.74, 6) is 0.949. The Morgan fingerprint density at radius 3 is 2.74 bits per heavy atom. The van der Waals surface area contributed by atoms with Crippen molar-refractivity contribution in [2.45, 2.75) is 11.8 Å². The normalized spacial score (nSPS) is 17.0. The molecule has 0 unspecified atom stereocenters. The first kappa shape index (κ1) is 12.2. The van der Waals surface area contributed by atoms with Gasteiger partial charge in [0.2, 0.25) is 0 Å². The van der Waals surface area contributed by atoms with Crippen LogP contribution in [0.2, 0.25) is 0 Å². The number of pyridine rings is 1. The number of rotatable bonds is 1. The number of hydrogen-bond acceptors (Lipinski definition) is 4. The highest BCUT2D eigenvalue weighted by atomic mass is 32.2. The highest BCUT2D eigenvalue weighted by Gasteiger charge is 2.29. The molecule has 0 fully saturated rings. The van der Waals surface area contributed by atoms with E-state index in [1.54, 1.807) is 18.3 Å². The van der Waals surface area contributed by atoms with Gasteiger partial charge in [0.05, 0.1) is 16.3 Å². The van der Waals surface area contributed by atoms with Crippen LogP contribution in [-0.4, -0.2) is 25.7 Å². The quantitative estimate of drug-likeness (QED) is 0.800. The zero-order chi connectivity index (χ0) is 13.5. The number of aromatic nitrogens is 1. The second-order valence-electron chi connectivity index (χ2n) is 4.58. The summed E-state index contributed by atoms with van der Waals surface area (Å²) in [6.07, 6.45) is 1.73. The summed E-state index contributed by atoms with van der Waals surface area (Å²) in [5.41, 5.74) is 1.76. The number of anilines is 2. The van der Waals surface area contributed by atoms with Gasteiger partial charge in [0.1, 0.15) is 5.82 Å². The first-order valence-electron chi connectivity index (χ1n) is 6.10. The van der Waals surface area contributed by atoms with Crippen LogP contribution in [0.25, 0.3) is 0 Å². The monoisotopic (exact) mass is 274 g/mol. The van der Waals surface area contributed by atoms with E-state index in [9.17, 15) is 8.42 Å². The van der Waals surface area contributed by atoms with Crippen LogP contribution in [0.4, 0.5) is 11.5 Å². The fourth-order valence-electron chi connectivity index (χ4n) is 2.36. The lowest BCUT2D eigenvalue weighted by Gasteiger charge is -2.30. The minimum Gasteiger partial charge on any atom is -0.324 e. The maximum absolute atomic E-state index is 12.1. The lowest BCUT2D eigenvalue weighted by Crippen LogP contribution is -2.32. The van der Waals surface area contributed by atoms with Gasteiger partial charge in [-0.25, -0.2) is 13.4 Å². The van der Waals surface area contributed by atoms with E-state index < -0.39 is 9.84 Å². The molecule has 0 saturated carbocycles. The van der Waals surface area contributed by atoms with Crippen LogP contribution in [0.15, 0.2) is 47.5 Å². The van der Waals surface area contributed by atoms with Crippen LogP contribution < -0.4 is 4.90 Å². The van der Waals surface area contributed by atoms with Crippen molar-refractivity contribution in [3.8, 4) is 0 Å².